The molecule has 2 N–H and O–H groups in total. The van der Waals surface area contributed by atoms with Crippen LogP contribution in [0.4, 0.5) is 17.1 Å². The van der Waals surface area contributed by atoms with Gasteiger partial charge in [0.25, 0.3) is 11.8 Å². The van der Waals surface area contributed by atoms with Gasteiger partial charge >= 0.3 is 0 Å². The molecule has 32 heavy (non-hydrogen) atoms. The molecule has 166 valence electrons. The largest absolute Gasteiger partial charge is 0.459 e. The van der Waals surface area contributed by atoms with E-state index in [1.165, 1.54) is 12.0 Å². The molecule has 2 aromatic carbocycles. The van der Waals surface area contributed by atoms with Gasteiger partial charge in [-0.05, 0) is 73.6 Å². The second-order valence-electron chi connectivity index (χ2n) is 7.88. The molecule has 7 heteroatoms. The molecule has 1 aromatic heterocycles. The van der Waals surface area contributed by atoms with Gasteiger partial charge in [0, 0.05) is 48.8 Å². The third kappa shape index (κ3) is 5.00. The van der Waals surface area contributed by atoms with E-state index < -0.39 is 0 Å². The Balaban J connectivity index is 1.36. The molecule has 0 radical (unpaired) electrons. The summed E-state index contributed by atoms with van der Waals surface area (Å²) in [5.41, 5.74) is 4.11. The Morgan fingerprint density at radius 1 is 0.938 bits per heavy atom. The van der Waals surface area contributed by atoms with E-state index in [0.717, 1.165) is 44.0 Å². The zero-order chi connectivity index (χ0) is 22.5. The van der Waals surface area contributed by atoms with E-state index in [9.17, 15) is 9.59 Å². The van der Waals surface area contributed by atoms with Gasteiger partial charge in [-0.1, -0.05) is 6.92 Å². The van der Waals surface area contributed by atoms with Gasteiger partial charge in [-0.3, -0.25) is 9.59 Å². The van der Waals surface area contributed by atoms with Crippen LogP contribution >= 0.6 is 0 Å². The summed E-state index contributed by atoms with van der Waals surface area (Å²) in [6, 6.07) is 16.2. The van der Waals surface area contributed by atoms with Gasteiger partial charge in [0.2, 0.25) is 0 Å². The van der Waals surface area contributed by atoms with Crippen LogP contribution in [0.2, 0.25) is 0 Å². The number of likely N-dealkylation sites (N-methyl/N-ethyl adjacent to an activating group) is 1. The number of hydrogen-bond donors (Lipinski definition) is 2. The number of nitrogens with one attached hydrogen (secondary N) is 2. The summed E-state index contributed by atoms with van der Waals surface area (Å²) >= 11 is 0. The van der Waals surface area contributed by atoms with Crippen molar-refractivity contribution in [3.8, 4) is 0 Å². The summed E-state index contributed by atoms with van der Waals surface area (Å²) in [6.07, 6.45) is 1.45. The van der Waals surface area contributed by atoms with Crippen molar-refractivity contribution in [1.82, 2.24) is 4.90 Å². The minimum Gasteiger partial charge on any atom is -0.459 e. The molecule has 2 amide bonds. The fourth-order valence-electron chi connectivity index (χ4n) is 3.81. The second-order valence-corrected chi connectivity index (χ2v) is 7.88. The summed E-state index contributed by atoms with van der Waals surface area (Å²) in [6.45, 7) is 9.48. The molecule has 0 atom stereocenters. The van der Waals surface area contributed by atoms with Crippen LogP contribution in [0.3, 0.4) is 0 Å². The number of aryl methyl sites for hydroxylation is 1. The number of benzene rings is 2. The van der Waals surface area contributed by atoms with Gasteiger partial charge in [0.1, 0.15) is 0 Å². The summed E-state index contributed by atoms with van der Waals surface area (Å²) in [7, 11) is 0. The molecule has 0 saturated carbocycles. The van der Waals surface area contributed by atoms with Crippen molar-refractivity contribution in [2.75, 3.05) is 48.3 Å². The van der Waals surface area contributed by atoms with Crippen molar-refractivity contribution in [2.45, 2.75) is 13.8 Å². The Kier molecular flexibility index (Phi) is 6.56. The van der Waals surface area contributed by atoms with Crippen LogP contribution in [-0.2, 0) is 0 Å². The van der Waals surface area contributed by atoms with E-state index in [4.69, 9.17) is 4.42 Å². The lowest BCUT2D eigenvalue weighted by atomic mass is 10.1. The van der Waals surface area contributed by atoms with Gasteiger partial charge in [0.05, 0.1) is 6.26 Å². The predicted molar refractivity (Wildman–Crippen MR) is 127 cm³/mol. The van der Waals surface area contributed by atoms with Gasteiger partial charge in [-0.2, -0.15) is 0 Å². The number of hydrogen-bond acceptors (Lipinski definition) is 5. The Morgan fingerprint density at radius 2 is 1.69 bits per heavy atom. The van der Waals surface area contributed by atoms with E-state index in [1.54, 1.807) is 36.4 Å². The first-order valence-corrected chi connectivity index (χ1v) is 10.9. The molecular formula is C25H28N4O3. The quantitative estimate of drug-likeness (QED) is 0.609. The van der Waals surface area contributed by atoms with Gasteiger partial charge < -0.3 is 24.9 Å². The molecule has 7 nitrogen and oxygen atoms in total. The van der Waals surface area contributed by atoms with Crippen LogP contribution in [0, 0.1) is 6.92 Å². The highest BCUT2D eigenvalue weighted by atomic mass is 16.3. The molecule has 1 saturated heterocycles. The van der Waals surface area contributed by atoms with Crippen LogP contribution in [0.25, 0.3) is 0 Å². The first-order chi connectivity index (χ1) is 15.5. The Bertz CT molecular complexity index is 1070. The van der Waals surface area contributed by atoms with Gasteiger partial charge in [0.15, 0.2) is 5.76 Å². The smallest absolute Gasteiger partial charge is 0.291 e. The van der Waals surface area contributed by atoms with Crippen molar-refractivity contribution in [2.24, 2.45) is 0 Å². The average molecular weight is 433 g/mol. The number of carbonyl (C=O) groups is 2. The lowest BCUT2D eigenvalue weighted by Crippen LogP contribution is -2.46. The molecular weight excluding hydrogens is 404 g/mol. The van der Waals surface area contributed by atoms with Crippen LogP contribution in [-0.4, -0.2) is 49.4 Å². The van der Waals surface area contributed by atoms with Crippen molar-refractivity contribution in [3.63, 3.8) is 0 Å². The summed E-state index contributed by atoms with van der Waals surface area (Å²) in [5, 5.41) is 5.73. The highest BCUT2D eigenvalue weighted by Crippen LogP contribution is 2.24. The standard InChI is InChI=1S/C25H28N4O3/c1-3-28-12-14-29(15-13-28)21-10-11-22(18(2)17-21)27-24(30)19-6-8-20(9-7-19)26-25(31)23-5-4-16-32-23/h4-11,16-17H,3,12-15H2,1-2H3,(H,26,31)(H,27,30). The van der Waals surface area contributed by atoms with Crippen molar-refractivity contribution in [1.29, 1.82) is 0 Å². The molecule has 0 aliphatic carbocycles. The SMILES string of the molecule is CCN1CCN(c2ccc(NC(=O)c3ccc(NC(=O)c4ccco4)cc3)c(C)c2)CC1. The molecule has 0 bridgehead atoms. The number of piperazine rings is 1. The van der Waals surface area contributed by atoms with Crippen LogP contribution in [0.5, 0.6) is 0 Å². The fraction of sp³-hybridized carbons (Fsp3) is 0.280. The minimum atomic E-state index is -0.334. The number of anilines is 3. The van der Waals surface area contributed by atoms with E-state index in [1.807, 2.05) is 13.0 Å². The molecule has 1 aliphatic heterocycles. The third-order valence-corrected chi connectivity index (χ3v) is 5.79. The maximum Gasteiger partial charge on any atom is 0.291 e. The number of carbonyl (C=O) groups excluding carboxylic acids is 2. The van der Waals surface area contributed by atoms with Crippen LogP contribution in [0.15, 0.2) is 65.3 Å². The first kappa shape index (κ1) is 21.6. The number of nitrogens with zero attached hydrogens (tertiary/aromatic N) is 2. The van der Waals surface area contributed by atoms with E-state index >= 15 is 0 Å². The molecule has 4 rings (SSSR count). The molecule has 1 fully saturated rings. The van der Waals surface area contributed by atoms with Crippen LogP contribution in [0.1, 0.15) is 33.4 Å². The first-order valence-electron chi connectivity index (χ1n) is 10.9. The van der Waals surface area contributed by atoms with Crippen molar-refractivity contribution in [3.05, 3.63) is 77.7 Å². The van der Waals surface area contributed by atoms with E-state index in [2.05, 4.69) is 39.5 Å². The Labute approximate surface area is 188 Å². The number of furan rings is 1. The Hall–Kier alpha value is -3.58. The van der Waals surface area contributed by atoms with Crippen LogP contribution < -0.4 is 15.5 Å². The molecule has 2 heterocycles. The summed E-state index contributed by atoms with van der Waals surface area (Å²) in [4.78, 5) is 29.6. The third-order valence-electron chi connectivity index (χ3n) is 5.79. The lowest BCUT2D eigenvalue weighted by molar-refractivity contribution is 0.0995. The summed E-state index contributed by atoms with van der Waals surface area (Å²) < 4.78 is 5.08. The molecule has 0 unspecified atom stereocenters. The average Bonchev–Trinajstić information content (AvgIpc) is 3.36. The maximum atomic E-state index is 12.7. The molecule has 3 aromatic rings. The van der Waals surface area contributed by atoms with Gasteiger partial charge in [-0.15, -0.1) is 0 Å². The zero-order valence-corrected chi connectivity index (χ0v) is 18.4. The monoisotopic (exact) mass is 432 g/mol. The second kappa shape index (κ2) is 9.70. The fourth-order valence-corrected chi connectivity index (χ4v) is 3.81. The zero-order valence-electron chi connectivity index (χ0n) is 18.4. The topological polar surface area (TPSA) is 77.8 Å². The van der Waals surface area contributed by atoms with Gasteiger partial charge in [-0.25, -0.2) is 0 Å². The number of rotatable bonds is 6. The van der Waals surface area contributed by atoms with E-state index in [-0.39, 0.29) is 17.6 Å². The highest BCUT2D eigenvalue weighted by molar-refractivity contribution is 6.06. The molecule has 1 aliphatic rings. The maximum absolute atomic E-state index is 12.7. The van der Waals surface area contributed by atoms with Crippen molar-refractivity contribution >= 4 is 28.9 Å². The predicted octanol–water partition coefficient (Wildman–Crippen LogP) is 4.23. The number of amides is 2. The lowest BCUT2D eigenvalue weighted by Gasteiger charge is -2.35. The molecule has 0 spiro atoms. The highest BCUT2D eigenvalue weighted by Gasteiger charge is 2.17. The summed E-state index contributed by atoms with van der Waals surface area (Å²) in [5.74, 6) is -0.293. The van der Waals surface area contributed by atoms with Crippen molar-refractivity contribution < 1.29 is 14.0 Å². The van der Waals surface area contributed by atoms with E-state index in [0.29, 0.717) is 11.3 Å². The minimum absolute atomic E-state index is 0.193. The normalized spacial score (nSPS) is 14.2. The Morgan fingerprint density at radius 3 is 2.31 bits per heavy atom.